The molecule has 10 rings (SSSR count). The Balaban J connectivity index is 1.32. The van der Waals surface area contributed by atoms with E-state index in [4.69, 9.17) is 24.9 Å². The molecule has 0 aliphatic rings. The van der Waals surface area contributed by atoms with E-state index in [1.165, 1.54) is 0 Å². The number of rotatable bonds is 3. The summed E-state index contributed by atoms with van der Waals surface area (Å²) in [5.74, 6) is 0. The number of hydrogen-bond acceptors (Lipinski definition) is 4. The van der Waals surface area contributed by atoms with Crippen LogP contribution >= 0.6 is 11.6 Å². The number of halogens is 1. The highest BCUT2D eigenvalue weighted by Crippen LogP contribution is 2.48. The second-order valence-corrected chi connectivity index (χ2v) is 11.8. The Morgan fingerprint density at radius 2 is 1.04 bits per heavy atom. The average Bonchev–Trinajstić information content (AvgIpc) is 3.77. The van der Waals surface area contributed by atoms with Crippen LogP contribution in [0.15, 0.2) is 147 Å². The molecule has 3 aromatic heterocycles. The molecular formula is C40H22ClNO3. The smallest absolute Gasteiger partial charge is 0.156 e. The third kappa shape index (κ3) is 3.54. The molecule has 0 saturated carbocycles. The fourth-order valence-corrected chi connectivity index (χ4v) is 7.11. The standard InChI is InChI=1S/C40H22ClNO3/c41-31-17-18-32(39-38-26-8-2-1-7-23(26)13-19-36(38)45-40(31)39)42(24-15-20-35-30(21-24)28-10-4-6-12-34(28)43-35)25-14-16-29-27-9-3-5-11-33(27)44-37(29)22-25/h1-22H. The van der Waals surface area contributed by atoms with E-state index < -0.39 is 0 Å². The minimum atomic E-state index is 0.568. The molecule has 0 spiro atoms. The van der Waals surface area contributed by atoms with Crippen LogP contribution in [0.2, 0.25) is 5.02 Å². The van der Waals surface area contributed by atoms with E-state index in [1.54, 1.807) is 0 Å². The maximum atomic E-state index is 6.86. The lowest BCUT2D eigenvalue weighted by atomic mass is 10.0. The molecule has 10 aromatic rings. The fourth-order valence-electron chi connectivity index (χ4n) is 6.91. The van der Waals surface area contributed by atoms with Crippen molar-refractivity contribution >= 4 is 105 Å². The first-order chi connectivity index (χ1) is 22.2. The molecule has 0 N–H and O–H groups in total. The Morgan fingerprint density at radius 3 is 1.89 bits per heavy atom. The van der Waals surface area contributed by atoms with Gasteiger partial charge in [0.1, 0.15) is 27.9 Å². The van der Waals surface area contributed by atoms with Crippen molar-refractivity contribution in [1.82, 2.24) is 0 Å². The number of fused-ring (bicyclic) bond motifs is 11. The summed E-state index contributed by atoms with van der Waals surface area (Å²) < 4.78 is 19.1. The predicted octanol–water partition coefficient (Wildman–Crippen LogP) is 12.7. The molecule has 7 aromatic carbocycles. The molecule has 0 amide bonds. The molecule has 0 unspecified atom stereocenters. The summed E-state index contributed by atoms with van der Waals surface area (Å²) >= 11 is 6.86. The van der Waals surface area contributed by atoms with E-state index in [1.807, 2.05) is 54.6 Å². The molecule has 3 heterocycles. The summed E-state index contributed by atoms with van der Waals surface area (Å²) in [5, 5.41) is 9.10. The summed E-state index contributed by atoms with van der Waals surface area (Å²) in [6.45, 7) is 0. The fraction of sp³-hybridized carbons (Fsp3) is 0. The largest absolute Gasteiger partial charge is 0.456 e. The average molecular weight is 600 g/mol. The Morgan fingerprint density at radius 1 is 0.422 bits per heavy atom. The molecule has 4 nitrogen and oxygen atoms in total. The molecule has 0 radical (unpaired) electrons. The number of nitrogens with zero attached hydrogens (tertiary/aromatic N) is 1. The van der Waals surface area contributed by atoms with Gasteiger partial charge in [0.15, 0.2) is 5.58 Å². The lowest BCUT2D eigenvalue weighted by molar-refractivity contribution is 0.668. The number of furan rings is 3. The van der Waals surface area contributed by atoms with Crippen molar-refractivity contribution in [2.24, 2.45) is 0 Å². The van der Waals surface area contributed by atoms with Crippen LogP contribution in [0.25, 0.3) is 76.6 Å². The van der Waals surface area contributed by atoms with Gasteiger partial charge in [-0.3, -0.25) is 0 Å². The highest BCUT2D eigenvalue weighted by atomic mass is 35.5. The molecule has 0 saturated heterocycles. The molecule has 0 aliphatic carbocycles. The van der Waals surface area contributed by atoms with Crippen LogP contribution in [-0.4, -0.2) is 0 Å². The van der Waals surface area contributed by atoms with E-state index in [9.17, 15) is 0 Å². The van der Waals surface area contributed by atoms with Crippen LogP contribution in [0, 0.1) is 0 Å². The maximum Gasteiger partial charge on any atom is 0.156 e. The van der Waals surface area contributed by atoms with E-state index in [2.05, 4.69) is 83.8 Å². The lowest BCUT2D eigenvalue weighted by Gasteiger charge is -2.26. The first kappa shape index (κ1) is 24.7. The number of hydrogen-bond donors (Lipinski definition) is 0. The van der Waals surface area contributed by atoms with Crippen molar-refractivity contribution in [2.45, 2.75) is 0 Å². The highest BCUT2D eigenvalue weighted by Gasteiger charge is 2.24. The summed E-state index contributed by atoms with van der Waals surface area (Å²) in [5.41, 5.74) is 7.72. The molecule has 45 heavy (non-hydrogen) atoms. The van der Waals surface area contributed by atoms with E-state index >= 15 is 0 Å². The van der Waals surface area contributed by atoms with Crippen molar-refractivity contribution in [2.75, 3.05) is 4.90 Å². The Kier molecular flexibility index (Phi) is 5.02. The number of benzene rings is 7. The van der Waals surface area contributed by atoms with Crippen LogP contribution in [0.5, 0.6) is 0 Å². The normalized spacial score (nSPS) is 12.1. The minimum absolute atomic E-state index is 0.568. The van der Waals surface area contributed by atoms with Crippen LogP contribution in [-0.2, 0) is 0 Å². The van der Waals surface area contributed by atoms with Crippen molar-refractivity contribution < 1.29 is 13.3 Å². The monoisotopic (exact) mass is 599 g/mol. The van der Waals surface area contributed by atoms with Crippen molar-refractivity contribution in [1.29, 1.82) is 0 Å². The van der Waals surface area contributed by atoms with Crippen LogP contribution in [0.3, 0.4) is 0 Å². The summed E-state index contributed by atoms with van der Waals surface area (Å²) in [6, 6.07) is 45.6. The van der Waals surface area contributed by atoms with Gasteiger partial charge in [0.2, 0.25) is 0 Å². The predicted molar refractivity (Wildman–Crippen MR) is 185 cm³/mol. The lowest BCUT2D eigenvalue weighted by Crippen LogP contribution is -2.10. The molecule has 212 valence electrons. The Hall–Kier alpha value is -5.71. The number of para-hydroxylation sites is 2. The molecular weight excluding hydrogens is 578 g/mol. The zero-order valence-corrected chi connectivity index (χ0v) is 24.5. The van der Waals surface area contributed by atoms with Gasteiger partial charge in [0, 0.05) is 44.4 Å². The van der Waals surface area contributed by atoms with Gasteiger partial charge >= 0.3 is 0 Å². The second kappa shape index (κ2) is 9.15. The molecule has 5 heteroatoms. The van der Waals surface area contributed by atoms with Gasteiger partial charge in [-0.1, -0.05) is 78.3 Å². The van der Waals surface area contributed by atoms with Crippen LogP contribution in [0.4, 0.5) is 17.1 Å². The summed E-state index contributed by atoms with van der Waals surface area (Å²) in [7, 11) is 0. The third-order valence-corrected chi connectivity index (χ3v) is 9.22. The topological polar surface area (TPSA) is 42.7 Å². The van der Waals surface area contributed by atoms with Gasteiger partial charge < -0.3 is 18.2 Å². The molecule has 0 fully saturated rings. The molecule has 0 aliphatic heterocycles. The molecule has 0 atom stereocenters. The van der Waals surface area contributed by atoms with E-state index in [0.29, 0.717) is 10.6 Å². The summed E-state index contributed by atoms with van der Waals surface area (Å²) in [4.78, 5) is 2.27. The first-order valence-corrected chi connectivity index (χ1v) is 15.2. The number of anilines is 3. The van der Waals surface area contributed by atoms with Gasteiger partial charge in [-0.25, -0.2) is 0 Å². The summed E-state index contributed by atoms with van der Waals surface area (Å²) in [6.07, 6.45) is 0. The second-order valence-electron chi connectivity index (χ2n) is 11.4. The van der Waals surface area contributed by atoms with Gasteiger partial charge in [-0.2, -0.15) is 0 Å². The quantitative estimate of drug-likeness (QED) is 0.202. The van der Waals surface area contributed by atoms with Gasteiger partial charge in [-0.05, 0) is 71.4 Å². The Labute approximate surface area is 261 Å². The minimum Gasteiger partial charge on any atom is -0.456 e. The van der Waals surface area contributed by atoms with Crippen molar-refractivity contribution in [3.8, 4) is 0 Å². The van der Waals surface area contributed by atoms with E-state index in [0.717, 1.165) is 88.1 Å². The zero-order valence-electron chi connectivity index (χ0n) is 23.8. The van der Waals surface area contributed by atoms with Gasteiger partial charge in [0.05, 0.1) is 16.1 Å². The first-order valence-electron chi connectivity index (χ1n) is 14.9. The SMILES string of the molecule is Clc1ccc(N(c2ccc3c(c2)oc2ccccc23)c2ccc3oc4ccccc4c3c2)c2c1oc1ccc3ccccc3c12. The Bertz CT molecular complexity index is 2800. The maximum absolute atomic E-state index is 6.86. The van der Waals surface area contributed by atoms with Gasteiger partial charge in [0.25, 0.3) is 0 Å². The third-order valence-electron chi connectivity index (χ3n) is 8.92. The van der Waals surface area contributed by atoms with E-state index in [-0.39, 0.29) is 0 Å². The van der Waals surface area contributed by atoms with Crippen LogP contribution < -0.4 is 4.90 Å². The zero-order chi connectivity index (χ0) is 29.6. The molecule has 0 bridgehead atoms. The van der Waals surface area contributed by atoms with Crippen molar-refractivity contribution in [3.63, 3.8) is 0 Å². The van der Waals surface area contributed by atoms with Crippen LogP contribution in [0.1, 0.15) is 0 Å². The van der Waals surface area contributed by atoms with Gasteiger partial charge in [-0.15, -0.1) is 0 Å². The van der Waals surface area contributed by atoms with Crippen molar-refractivity contribution in [3.05, 3.63) is 138 Å². The highest BCUT2D eigenvalue weighted by molar-refractivity contribution is 6.38.